The van der Waals surface area contributed by atoms with Crippen LogP contribution in [0, 0.1) is 5.92 Å². The zero-order valence-corrected chi connectivity index (χ0v) is 6.56. The summed E-state index contributed by atoms with van der Waals surface area (Å²) in [6, 6.07) is 0. The van der Waals surface area contributed by atoms with Gasteiger partial charge in [-0.3, -0.25) is 0 Å². The Morgan fingerprint density at radius 3 is 3.20 bits per heavy atom. The fourth-order valence-electron chi connectivity index (χ4n) is 1.34. The predicted molar refractivity (Wildman–Crippen MR) is 40.7 cm³/mol. The second-order valence-corrected chi connectivity index (χ2v) is 3.24. The number of halogens is 1. The highest BCUT2D eigenvalue weighted by Crippen LogP contribution is 2.54. The molecular weight excluding hydrogens is 148 g/mol. The zero-order valence-electron chi connectivity index (χ0n) is 5.80. The molecule has 0 radical (unpaired) electrons. The Balaban J connectivity index is 2.26. The van der Waals surface area contributed by atoms with Gasteiger partial charge in [-0.05, 0) is 12.5 Å². The van der Waals surface area contributed by atoms with E-state index in [0.717, 1.165) is 12.2 Å². The van der Waals surface area contributed by atoms with E-state index in [1.807, 2.05) is 12.2 Å². The number of hydrogen-bond donors (Lipinski definition) is 0. The Hall–Kier alpha value is -0.430. The molecule has 2 heteroatoms. The molecule has 10 heavy (non-hydrogen) atoms. The van der Waals surface area contributed by atoms with Gasteiger partial charge in [-0.1, -0.05) is 30.7 Å². The SMILES string of the molecule is CCC1C=CC=C2OC21Cl. The van der Waals surface area contributed by atoms with E-state index in [4.69, 9.17) is 16.3 Å². The molecule has 0 bridgehead atoms. The predicted octanol–water partition coefficient (Wildman–Crippen LogP) is 2.43. The number of ether oxygens (including phenoxy) is 1. The molecule has 1 nitrogen and oxygen atoms in total. The minimum Gasteiger partial charge on any atom is -0.462 e. The van der Waals surface area contributed by atoms with Gasteiger partial charge in [0, 0.05) is 5.92 Å². The summed E-state index contributed by atoms with van der Waals surface area (Å²) in [4.78, 5) is 0. The molecule has 0 aromatic rings. The molecule has 0 N–H and O–H groups in total. The van der Waals surface area contributed by atoms with Crippen LogP contribution in [0.2, 0.25) is 0 Å². The fourth-order valence-corrected chi connectivity index (χ4v) is 1.71. The molecular formula is C8H9ClO. The van der Waals surface area contributed by atoms with Crippen molar-refractivity contribution in [3.05, 3.63) is 24.0 Å². The summed E-state index contributed by atoms with van der Waals surface area (Å²) < 4.78 is 5.23. The van der Waals surface area contributed by atoms with E-state index in [0.29, 0.717) is 5.92 Å². The van der Waals surface area contributed by atoms with Crippen LogP contribution < -0.4 is 0 Å². The van der Waals surface area contributed by atoms with Crippen molar-refractivity contribution >= 4 is 11.6 Å². The van der Waals surface area contributed by atoms with Crippen molar-refractivity contribution in [3.8, 4) is 0 Å². The third-order valence-corrected chi connectivity index (χ3v) is 2.60. The molecule has 0 aromatic carbocycles. The molecule has 54 valence electrons. The Bertz CT molecular complexity index is 219. The number of rotatable bonds is 1. The van der Waals surface area contributed by atoms with Gasteiger partial charge in [-0.15, -0.1) is 0 Å². The van der Waals surface area contributed by atoms with Crippen LogP contribution in [0.3, 0.4) is 0 Å². The number of epoxide rings is 1. The number of fused-ring (bicyclic) bond motifs is 1. The summed E-state index contributed by atoms with van der Waals surface area (Å²) in [6.45, 7) is 2.11. The highest BCUT2D eigenvalue weighted by molar-refractivity contribution is 6.27. The average molecular weight is 157 g/mol. The Morgan fingerprint density at radius 1 is 1.80 bits per heavy atom. The number of allylic oxidation sites excluding steroid dienone is 2. The van der Waals surface area contributed by atoms with Crippen LogP contribution in [-0.4, -0.2) is 5.06 Å². The smallest absolute Gasteiger partial charge is 0.245 e. The molecule has 0 amide bonds. The molecule has 2 unspecified atom stereocenters. The lowest BCUT2D eigenvalue weighted by molar-refractivity contribution is 0.330. The molecule has 0 saturated carbocycles. The van der Waals surface area contributed by atoms with Gasteiger partial charge in [-0.2, -0.15) is 0 Å². The van der Waals surface area contributed by atoms with E-state index >= 15 is 0 Å². The van der Waals surface area contributed by atoms with Gasteiger partial charge in [0.15, 0.2) is 5.76 Å². The third kappa shape index (κ3) is 0.641. The maximum absolute atomic E-state index is 6.07. The van der Waals surface area contributed by atoms with Gasteiger partial charge < -0.3 is 4.74 Å². The minimum atomic E-state index is -0.441. The molecule has 0 spiro atoms. The molecule has 1 saturated heterocycles. The van der Waals surface area contributed by atoms with Crippen molar-refractivity contribution in [2.24, 2.45) is 5.92 Å². The monoisotopic (exact) mass is 156 g/mol. The molecule has 2 aliphatic rings. The van der Waals surface area contributed by atoms with E-state index in [1.165, 1.54) is 0 Å². The van der Waals surface area contributed by atoms with Crippen molar-refractivity contribution < 1.29 is 4.74 Å². The minimum absolute atomic E-state index is 0.370. The quantitative estimate of drug-likeness (QED) is 0.420. The Morgan fingerprint density at radius 2 is 2.60 bits per heavy atom. The Kier molecular flexibility index (Phi) is 1.13. The van der Waals surface area contributed by atoms with Gasteiger partial charge in [0.2, 0.25) is 5.06 Å². The molecule has 0 aromatic heterocycles. The molecule has 1 fully saturated rings. The Labute approximate surface area is 65.3 Å². The second-order valence-electron chi connectivity index (χ2n) is 2.68. The van der Waals surface area contributed by atoms with Gasteiger partial charge >= 0.3 is 0 Å². The highest BCUT2D eigenvalue weighted by atomic mass is 35.5. The van der Waals surface area contributed by atoms with Crippen LogP contribution in [0.4, 0.5) is 0 Å². The summed E-state index contributed by atoms with van der Waals surface area (Å²) in [6.07, 6.45) is 7.08. The molecule has 2 atom stereocenters. The van der Waals surface area contributed by atoms with Crippen LogP contribution in [0.25, 0.3) is 0 Å². The van der Waals surface area contributed by atoms with Crippen LogP contribution in [0.5, 0.6) is 0 Å². The van der Waals surface area contributed by atoms with Gasteiger partial charge in [-0.25, -0.2) is 0 Å². The first kappa shape index (κ1) is 6.29. The first-order valence-electron chi connectivity index (χ1n) is 3.54. The second kappa shape index (κ2) is 1.79. The maximum atomic E-state index is 6.07. The van der Waals surface area contributed by atoms with E-state index < -0.39 is 5.06 Å². The largest absolute Gasteiger partial charge is 0.462 e. The summed E-state index contributed by atoms with van der Waals surface area (Å²) in [7, 11) is 0. The molecule has 2 rings (SSSR count). The van der Waals surface area contributed by atoms with Crippen molar-refractivity contribution in [3.63, 3.8) is 0 Å². The summed E-state index contributed by atoms with van der Waals surface area (Å²) in [5.41, 5.74) is 0. The molecule has 1 aliphatic heterocycles. The maximum Gasteiger partial charge on any atom is 0.245 e. The average Bonchev–Trinajstić information content (AvgIpc) is 2.59. The van der Waals surface area contributed by atoms with E-state index in [2.05, 4.69) is 13.0 Å². The van der Waals surface area contributed by atoms with Gasteiger partial charge in [0.25, 0.3) is 0 Å². The third-order valence-electron chi connectivity index (χ3n) is 2.06. The zero-order chi connectivity index (χ0) is 7.19. The summed E-state index contributed by atoms with van der Waals surface area (Å²) in [5.74, 6) is 1.30. The van der Waals surface area contributed by atoms with Gasteiger partial charge in [0.05, 0.1) is 0 Å². The summed E-state index contributed by atoms with van der Waals surface area (Å²) in [5, 5.41) is -0.441. The lowest BCUT2D eigenvalue weighted by Crippen LogP contribution is -2.15. The standard InChI is InChI=1S/C8H9ClO/c1-2-6-4-3-5-7-8(6,9)10-7/h3-6H,2H2,1H3. The molecule has 1 heterocycles. The lowest BCUT2D eigenvalue weighted by Gasteiger charge is -2.11. The lowest BCUT2D eigenvalue weighted by atomic mass is 9.98. The highest BCUT2D eigenvalue weighted by Gasteiger charge is 2.56. The van der Waals surface area contributed by atoms with Crippen LogP contribution in [-0.2, 0) is 4.74 Å². The van der Waals surface area contributed by atoms with Gasteiger partial charge in [0.1, 0.15) is 0 Å². The number of hydrogen-bond acceptors (Lipinski definition) is 1. The van der Waals surface area contributed by atoms with E-state index in [9.17, 15) is 0 Å². The summed E-state index contributed by atoms with van der Waals surface area (Å²) >= 11 is 6.07. The van der Waals surface area contributed by atoms with Crippen LogP contribution in [0.1, 0.15) is 13.3 Å². The van der Waals surface area contributed by atoms with Crippen molar-refractivity contribution in [1.82, 2.24) is 0 Å². The normalized spacial score (nSPS) is 41.8. The van der Waals surface area contributed by atoms with E-state index in [1.54, 1.807) is 0 Å². The fraction of sp³-hybridized carbons (Fsp3) is 0.500. The van der Waals surface area contributed by atoms with Crippen molar-refractivity contribution in [2.75, 3.05) is 0 Å². The van der Waals surface area contributed by atoms with Crippen LogP contribution >= 0.6 is 11.6 Å². The first-order valence-corrected chi connectivity index (χ1v) is 3.92. The number of alkyl halides is 1. The van der Waals surface area contributed by atoms with Crippen molar-refractivity contribution in [1.29, 1.82) is 0 Å². The molecule has 1 aliphatic carbocycles. The topological polar surface area (TPSA) is 12.5 Å². The van der Waals surface area contributed by atoms with E-state index in [-0.39, 0.29) is 0 Å². The van der Waals surface area contributed by atoms with Crippen molar-refractivity contribution in [2.45, 2.75) is 18.4 Å². The first-order chi connectivity index (χ1) is 4.77. The van der Waals surface area contributed by atoms with Crippen LogP contribution in [0.15, 0.2) is 24.0 Å².